The number of fused-ring (bicyclic) bond motifs is 3. The first-order valence-electron chi connectivity index (χ1n) is 7.87. The summed E-state index contributed by atoms with van der Waals surface area (Å²) in [5.74, 6) is 0. The van der Waals surface area contributed by atoms with Crippen molar-refractivity contribution in [3.63, 3.8) is 0 Å². The number of benzene rings is 2. The Morgan fingerprint density at radius 1 is 0.960 bits per heavy atom. The third-order valence-corrected chi connectivity index (χ3v) is 4.17. The lowest BCUT2D eigenvalue weighted by molar-refractivity contribution is 0.827. The smallest absolute Gasteiger partial charge is 0.147 e. The zero-order valence-corrected chi connectivity index (χ0v) is 13.7. The predicted molar refractivity (Wildman–Crippen MR) is 98.0 cm³/mol. The van der Waals surface area contributed by atoms with Crippen molar-refractivity contribution >= 4 is 27.9 Å². The molecule has 118 valence electrons. The molecule has 0 saturated heterocycles. The molecule has 4 nitrogen and oxygen atoms in total. The van der Waals surface area contributed by atoms with E-state index in [4.69, 9.17) is 15.8 Å². The molecular weight excluding hydrogens is 308 g/mol. The molecular formula is C21H14N4. The third kappa shape index (κ3) is 2.76. The fourth-order valence-corrected chi connectivity index (χ4v) is 3.02. The van der Waals surface area contributed by atoms with Gasteiger partial charge in [-0.2, -0.15) is 15.8 Å². The molecule has 0 saturated carbocycles. The van der Waals surface area contributed by atoms with Gasteiger partial charge in [0.05, 0.1) is 5.57 Å². The number of aromatic nitrogens is 1. The lowest BCUT2D eigenvalue weighted by atomic mass is 10.1. The van der Waals surface area contributed by atoms with E-state index in [9.17, 15) is 0 Å². The monoisotopic (exact) mass is 322 g/mol. The van der Waals surface area contributed by atoms with E-state index in [1.54, 1.807) is 18.2 Å². The molecule has 1 aromatic heterocycles. The van der Waals surface area contributed by atoms with Gasteiger partial charge in [-0.05, 0) is 36.8 Å². The zero-order valence-electron chi connectivity index (χ0n) is 13.7. The van der Waals surface area contributed by atoms with Crippen LogP contribution in [0.25, 0.3) is 27.9 Å². The quantitative estimate of drug-likeness (QED) is 0.518. The lowest BCUT2D eigenvalue weighted by Crippen LogP contribution is -1.92. The van der Waals surface area contributed by atoms with Crippen molar-refractivity contribution in [1.82, 2.24) is 4.57 Å². The van der Waals surface area contributed by atoms with E-state index in [0.29, 0.717) is 0 Å². The summed E-state index contributed by atoms with van der Waals surface area (Å²) >= 11 is 0. The van der Waals surface area contributed by atoms with Gasteiger partial charge in [0.15, 0.2) is 0 Å². The van der Waals surface area contributed by atoms with Crippen molar-refractivity contribution in [2.45, 2.75) is 13.5 Å². The molecule has 1 heterocycles. The Labute approximate surface area is 145 Å². The van der Waals surface area contributed by atoms with Crippen molar-refractivity contribution in [1.29, 1.82) is 15.8 Å². The van der Waals surface area contributed by atoms with Crippen LogP contribution in [-0.4, -0.2) is 4.57 Å². The van der Waals surface area contributed by atoms with Crippen LogP contribution in [0.2, 0.25) is 0 Å². The summed E-state index contributed by atoms with van der Waals surface area (Å²) in [7, 11) is 0. The molecule has 0 aliphatic rings. The van der Waals surface area contributed by atoms with E-state index < -0.39 is 0 Å². The number of rotatable bonds is 3. The number of nitriles is 3. The first kappa shape index (κ1) is 16.1. The maximum Gasteiger partial charge on any atom is 0.147 e. The van der Waals surface area contributed by atoms with Gasteiger partial charge in [0.1, 0.15) is 23.8 Å². The molecule has 0 amide bonds. The molecule has 0 N–H and O–H groups in total. The summed E-state index contributed by atoms with van der Waals surface area (Å²) in [6, 6.07) is 19.7. The van der Waals surface area contributed by atoms with Crippen molar-refractivity contribution < 1.29 is 0 Å². The van der Waals surface area contributed by atoms with Crippen molar-refractivity contribution in [2.75, 3.05) is 0 Å². The number of nitrogens with zero attached hydrogens (tertiary/aromatic N) is 4. The van der Waals surface area contributed by atoms with Crippen LogP contribution >= 0.6 is 0 Å². The van der Waals surface area contributed by atoms with Crippen LogP contribution in [0.5, 0.6) is 0 Å². The minimum atomic E-state index is -0.178. The van der Waals surface area contributed by atoms with Gasteiger partial charge in [-0.15, -0.1) is 0 Å². The number of aryl methyl sites for hydroxylation is 1. The fourth-order valence-electron chi connectivity index (χ4n) is 3.02. The molecule has 0 spiro atoms. The molecule has 0 atom stereocenters. The number of hydrogen-bond acceptors (Lipinski definition) is 3. The van der Waals surface area contributed by atoms with E-state index in [0.717, 1.165) is 23.0 Å². The molecule has 0 fully saturated rings. The van der Waals surface area contributed by atoms with Gasteiger partial charge in [0, 0.05) is 28.4 Å². The minimum absolute atomic E-state index is 0.0704. The summed E-state index contributed by atoms with van der Waals surface area (Å²) in [5, 5.41) is 29.2. The molecule has 0 unspecified atom stereocenters. The maximum absolute atomic E-state index is 9.12. The summed E-state index contributed by atoms with van der Waals surface area (Å²) in [5.41, 5.74) is 3.15. The van der Waals surface area contributed by atoms with Crippen molar-refractivity contribution in [3.05, 3.63) is 65.3 Å². The molecule has 4 heteroatoms. The third-order valence-electron chi connectivity index (χ3n) is 4.17. The fraction of sp³-hybridized carbons (Fsp3) is 0.0952. The van der Waals surface area contributed by atoms with Crippen LogP contribution in [-0.2, 0) is 6.54 Å². The van der Waals surface area contributed by atoms with Crippen LogP contribution < -0.4 is 0 Å². The Morgan fingerprint density at radius 3 is 2.36 bits per heavy atom. The average Bonchev–Trinajstić information content (AvgIpc) is 2.98. The summed E-state index contributed by atoms with van der Waals surface area (Å²) < 4.78 is 2.27. The van der Waals surface area contributed by atoms with E-state index >= 15 is 0 Å². The molecule has 0 aliphatic heterocycles. The van der Waals surface area contributed by atoms with Crippen LogP contribution in [0, 0.1) is 34.0 Å². The van der Waals surface area contributed by atoms with Crippen molar-refractivity contribution in [3.8, 4) is 18.2 Å². The maximum atomic E-state index is 9.12. The number of para-hydroxylation sites is 1. The molecule has 0 radical (unpaired) electrons. The van der Waals surface area contributed by atoms with E-state index in [1.165, 1.54) is 17.0 Å². The highest BCUT2D eigenvalue weighted by Gasteiger charge is 2.09. The highest BCUT2D eigenvalue weighted by molar-refractivity contribution is 6.08. The van der Waals surface area contributed by atoms with Crippen LogP contribution in [0.15, 0.2) is 59.7 Å². The van der Waals surface area contributed by atoms with Gasteiger partial charge >= 0.3 is 0 Å². The average molecular weight is 322 g/mol. The Balaban J connectivity index is 2.15. The Kier molecular flexibility index (Phi) is 4.34. The molecule has 3 rings (SSSR count). The summed E-state index contributed by atoms with van der Waals surface area (Å²) in [4.78, 5) is 0. The van der Waals surface area contributed by atoms with Crippen LogP contribution in [0.1, 0.15) is 12.5 Å². The van der Waals surface area contributed by atoms with Crippen LogP contribution in [0.4, 0.5) is 0 Å². The SMILES string of the molecule is CCn1c2ccccc2c2cc(C=CC(C#N)=C(C#N)C#N)ccc21. The molecule has 0 aliphatic carbocycles. The zero-order chi connectivity index (χ0) is 17.8. The van der Waals surface area contributed by atoms with Gasteiger partial charge in [0.2, 0.25) is 0 Å². The van der Waals surface area contributed by atoms with E-state index in [2.05, 4.69) is 35.8 Å². The van der Waals surface area contributed by atoms with Crippen molar-refractivity contribution in [2.24, 2.45) is 0 Å². The number of hydrogen-bond donors (Lipinski definition) is 0. The Morgan fingerprint density at radius 2 is 1.68 bits per heavy atom. The van der Waals surface area contributed by atoms with Gasteiger partial charge < -0.3 is 4.57 Å². The molecule has 3 aromatic rings. The highest BCUT2D eigenvalue weighted by Crippen LogP contribution is 2.30. The first-order chi connectivity index (χ1) is 12.2. The topological polar surface area (TPSA) is 76.3 Å². The van der Waals surface area contributed by atoms with E-state index in [-0.39, 0.29) is 11.1 Å². The highest BCUT2D eigenvalue weighted by atomic mass is 15.0. The second-order valence-electron chi connectivity index (χ2n) is 5.50. The van der Waals surface area contributed by atoms with Gasteiger partial charge in [-0.3, -0.25) is 0 Å². The van der Waals surface area contributed by atoms with Gasteiger partial charge in [0.25, 0.3) is 0 Å². The predicted octanol–water partition coefficient (Wildman–Crippen LogP) is 4.69. The second kappa shape index (κ2) is 6.75. The largest absolute Gasteiger partial charge is 0.341 e. The molecule has 0 bridgehead atoms. The minimum Gasteiger partial charge on any atom is -0.341 e. The van der Waals surface area contributed by atoms with E-state index in [1.807, 2.05) is 24.3 Å². The normalized spacial score (nSPS) is 10.5. The summed E-state index contributed by atoms with van der Waals surface area (Å²) in [6.07, 6.45) is 3.27. The molecule has 2 aromatic carbocycles. The summed E-state index contributed by atoms with van der Waals surface area (Å²) in [6.45, 7) is 3.00. The van der Waals surface area contributed by atoms with Gasteiger partial charge in [-0.25, -0.2) is 0 Å². The second-order valence-corrected chi connectivity index (χ2v) is 5.50. The molecule has 25 heavy (non-hydrogen) atoms. The standard InChI is InChI=1S/C21H14N4/c1-2-25-20-6-4-3-5-18(20)19-11-15(8-10-21(19)25)7-9-16(12-22)17(13-23)14-24/h3-11H,2H2,1H3. The first-order valence-corrected chi connectivity index (χ1v) is 7.87. The van der Waals surface area contributed by atoms with Crippen LogP contribution in [0.3, 0.4) is 0 Å². The van der Waals surface area contributed by atoms with Gasteiger partial charge in [-0.1, -0.05) is 30.3 Å². The Hall–Kier alpha value is -3.81. The Bertz CT molecular complexity index is 1140. The number of allylic oxidation sites excluding steroid dienone is 3. The lowest BCUT2D eigenvalue weighted by Gasteiger charge is -2.02.